The highest BCUT2D eigenvalue weighted by Gasteiger charge is 2.15. The molecule has 0 spiro atoms. The van der Waals surface area contributed by atoms with E-state index in [-0.39, 0.29) is 5.97 Å². The summed E-state index contributed by atoms with van der Waals surface area (Å²) in [7, 11) is 3.27. The fourth-order valence-corrected chi connectivity index (χ4v) is 2.52. The predicted octanol–water partition coefficient (Wildman–Crippen LogP) is 1.89. The van der Waals surface area contributed by atoms with Gasteiger partial charge >= 0.3 is 5.97 Å². The zero-order chi connectivity index (χ0) is 14.0. The second-order valence-corrected chi connectivity index (χ2v) is 5.16. The number of nitrogens with zero attached hydrogens (tertiary/aromatic N) is 3. The molecule has 2 rings (SSSR count). The molecule has 0 aromatic carbocycles. The van der Waals surface area contributed by atoms with Crippen LogP contribution >= 0.6 is 11.3 Å². The Labute approximate surface area is 115 Å². The molecule has 0 radical (unpaired) electrons. The molecular weight excluding hydrogens is 264 g/mol. The molecule has 0 aliphatic carbocycles. The minimum absolute atomic E-state index is 0.347. The zero-order valence-corrected chi connectivity index (χ0v) is 12.2. The van der Waals surface area contributed by atoms with Crippen molar-refractivity contribution >= 4 is 22.4 Å². The third kappa shape index (κ3) is 2.76. The quantitative estimate of drug-likeness (QED) is 0.866. The number of carbonyl (C=O) groups excluding carboxylic acids is 1. The van der Waals surface area contributed by atoms with Gasteiger partial charge in [-0.15, -0.1) is 0 Å². The number of anilines is 1. The van der Waals surface area contributed by atoms with Crippen molar-refractivity contribution in [3.05, 3.63) is 28.0 Å². The number of ether oxygens (including phenoxy) is 1. The fourth-order valence-electron chi connectivity index (χ4n) is 1.64. The Bertz CT molecular complexity index is 603. The number of nitrogens with one attached hydrogen (secondary N) is 1. The van der Waals surface area contributed by atoms with E-state index in [1.165, 1.54) is 18.4 Å². The van der Waals surface area contributed by atoms with Crippen molar-refractivity contribution in [1.82, 2.24) is 14.8 Å². The van der Waals surface area contributed by atoms with Gasteiger partial charge in [0.05, 0.1) is 19.0 Å². The number of hydrogen-bond acceptors (Lipinski definition) is 6. The number of hydrogen-bond donors (Lipinski definition) is 1. The Morgan fingerprint density at radius 1 is 1.53 bits per heavy atom. The van der Waals surface area contributed by atoms with E-state index >= 15 is 0 Å². The van der Waals surface area contributed by atoms with Crippen molar-refractivity contribution in [3.8, 4) is 0 Å². The number of aromatic nitrogens is 3. The van der Waals surface area contributed by atoms with Gasteiger partial charge in [-0.2, -0.15) is 5.10 Å². The normalized spacial score (nSPS) is 10.5. The average molecular weight is 280 g/mol. The molecule has 0 unspecified atom stereocenters. The topological polar surface area (TPSA) is 69.0 Å². The second kappa shape index (κ2) is 5.40. The van der Waals surface area contributed by atoms with Gasteiger partial charge in [0, 0.05) is 24.8 Å². The molecule has 7 heteroatoms. The highest BCUT2D eigenvalue weighted by Crippen LogP contribution is 2.23. The molecule has 0 saturated carbocycles. The van der Waals surface area contributed by atoms with Crippen LogP contribution in [0, 0.1) is 13.8 Å². The van der Waals surface area contributed by atoms with Gasteiger partial charge in [0.25, 0.3) is 0 Å². The van der Waals surface area contributed by atoms with E-state index in [1.807, 2.05) is 24.9 Å². The zero-order valence-electron chi connectivity index (χ0n) is 11.4. The van der Waals surface area contributed by atoms with Gasteiger partial charge in [0.15, 0.2) is 5.13 Å². The minimum atomic E-state index is -0.347. The third-order valence-corrected chi connectivity index (χ3v) is 4.03. The first kappa shape index (κ1) is 13.5. The van der Waals surface area contributed by atoms with Gasteiger partial charge in [-0.25, -0.2) is 9.78 Å². The lowest BCUT2D eigenvalue weighted by Crippen LogP contribution is -2.01. The molecule has 0 saturated heterocycles. The van der Waals surface area contributed by atoms with E-state index < -0.39 is 0 Å². The molecule has 0 aliphatic heterocycles. The van der Waals surface area contributed by atoms with E-state index in [0.717, 1.165) is 11.3 Å². The number of carbonyl (C=O) groups is 1. The molecule has 6 nitrogen and oxygen atoms in total. The second-order valence-electron chi connectivity index (χ2n) is 4.16. The third-order valence-electron chi connectivity index (χ3n) is 2.93. The van der Waals surface area contributed by atoms with Crippen molar-refractivity contribution in [2.45, 2.75) is 20.4 Å². The number of methoxy groups -OCH3 is 1. The monoisotopic (exact) mass is 280 g/mol. The van der Waals surface area contributed by atoms with Crippen LogP contribution in [0.3, 0.4) is 0 Å². The molecule has 102 valence electrons. The Morgan fingerprint density at radius 3 is 2.84 bits per heavy atom. The van der Waals surface area contributed by atoms with Crippen LogP contribution in [0.1, 0.15) is 26.6 Å². The predicted molar refractivity (Wildman–Crippen MR) is 73.5 cm³/mol. The maximum Gasteiger partial charge on any atom is 0.350 e. The van der Waals surface area contributed by atoms with Crippen LogP contribution in [-0.4, -0.2) is 27.8 Å². The van der Waals surface area contributed by atoms with Crippen LogP contribution < -0.4 is 5.32 Å². The molecule has 2 heterocycles. The minimum Gasteiger partial charge on any atom is -0.465 e. The Kier molecular flexibility index (Phi) is 3.84. The van der Waals surface area contributed by atoms with Crippen LogP contribution in [0.4, 0.5) is 5.13 Å². The van der Waals surface area contributed by atoms with Gasteiger partial charge in [0.1, 0.15) is 4.88 Å². The van der Waals surface area contributed by atoms with Gasteiger partial charge in [0.2, 0.25) is 0 Å². The largest absolute Gasteiger partial charge is 0.465 e. The molecule has 0 aliphatic rings. The van der Waals surface area contributed by atoms with Crippen molar-refractivity contribution in [3.63, 3.8) is 0 Å². The molecule has 2 aromatic heterocycles. The highest BCUT2D eigenvalue weighted by atomic mass is 32.1. The average Bonchev–Trinajstić information content (AvgIpc) is 2.91. The fraction of sp³-hybridized carbons (Fsp3) is 0.417. The maximum atomic E-state index is 11.5. The summed E-state index contributed by atoms with van der Waals surface area (Å²) in [5.74, 6) is -0.347. The Hall–Kier alpha value is -1.89. The lowest BCUT2D eigenvalue weighted by molar-refractivity contribution is 0.0605. The van der Waals surface area contributed by atoms with Crippen LogP contribution in [0.2, 0.25) is 0 Å². The van der Waals surface area contributed by atoms with Crippen molar-refractivity contribution in [1.29, 1.82) is 0 Å². The van der Waals surface area contributed by atoms with Gasteiger partial charge in [-0.1, -0.05) is 11.3 Å². The highest BCUT2D eigenvalue weighted by molar-refractivity contribution is 7.17. The summed E-state index contributed by atoms with van der Waals surface area (Å²) >= 11 is 1.30. The number of thiazole rings is 1. The van der Waals surface area contributed by atoms with Crippen LogP contribution in [0.25, 0.3) is 0 Å². The van der Waals surface area contributed by atoms with Crippen molar-refractivity contribution < 1.29 is 9.53 Å². The summed E-state index contributed by atoms with van der Waals surface area (Å²) in [5.41, 5.74) is 2.89. The maximum absolute atomic E-state index is 11.5. The lowest BCUT2D eigenvalue weighted by Gasteiger charge is -2.01. The summed E-state index contributed by atoms with van der Waals surface area (Å²) < 4.78 is 6.53. The summed E-state index contributed by atoms with van der Waals surface area (Å²) in [6, 6.07) is 0. The summed E-state index contributed by atoms with van der Waals surface area (Å²) in [6.45, 7) is 4.44. The standard InChI is InChI=1S/C12H16N4O2S/c1-7-10(11(17)18-4)19-12(15-7)13-5-9-6-14-16(3)8(9)2/h6H,5H2,1-4H3,(H,13,15). The summed E-state index contributed by atoms with van der Waals surface area (Å²) in [6.07, 6.45) is 1.82. The number of esters is 1. The van der Waals surface area contributed by atoms with Crippen LogP contribution in [0.5, 0.6) is 0 Å². The molecule has 0 amide bonds. The van der Waals surface area contributed by atoms with Gasteiger partial charge < -0.3 is 10.1 Å². The number of rotatable bonds is 4. The molecule has 0 atom stereocenters. The Morgan fingerprint density at radius 2 is 2.26 bits per heavy atom. The molecule has 2 aromatic rings. The first-order valence-corrected chi connectivity index (χ1v) is 6.61. The first-order valence-electron chi connectivity index (χ1n) is 5.80. The van der Waals surface area contributed by atoms with Crippen LogP contribution in [0.15, 0.2) is 6.20 Å². The molecule has 1 N–H and O–H groups in total. The van der Waals surface area contributed by atoms with E-state index in [1.54, 1.807) is 6.92 Å². The van der Waals surface area contributed by atoms with E-state index in [4.69, 9.17) is 4.74 Å². The lowest BCUT2D eigenvalue weighted by atomic mass is 10.2. The van der Waals surface area contributed by atoms with E-state index in [0.29, 0.717) is 22.2 Å². The molecule has 19 heavy (non-hydrogen) atoms. The van der Waals surface area contributed by atoms with E-state index in [9.17, 15) is 4.79 Å². The van der Waals surface area contributed by atoms with Crippen molar-refractivity contribution in [2.24, 2.45) is 7.05 Å². The molecule has 0 bridgehead atoms. The van der Waals surface area contributed by atoms with Crippen molar-refractivity contribution in [2.75, 3.05) is 12.4 Å². The Balaban J connectivity index is 2.08. The molecule has 0 fully saturated rings. The smallest absolute Gasteiger partial charge is 0.350 e. The molecular formula is C12H16N4O2S. The van der Waals surface area contributed by atoms with Crippen LogP contribution in [-0.2, 0) is 18.3 Å². The first-order chi connectivity index (χ1) is 9.02. The van der Waals surface area contributed by atoms with Gasteiger partial charge in [-0.05, 0) is 13.8 Å². The van der Waals surface area contributed by atoms with Gasteiger partial charge in [-0.3, -0.25) is 4.68 Å². The SMILES string of the molecule is COC(=O)c1sc(NCc2cnn(C)c2C)nc1C. The summed E-state index contributed by atoms with van der Waals surface area (Å²) in [5, 5.41) is 8.09. The number of aryl methyl sites for hydroxylation is 2. The van der Waals surface area contributed by atoms with E-state index in [2.05, 4.69) is 15.4 Å². The summed E-state index contributed by atoms with van der Waals surface area (Å²) in [4.78, 5) is 16.3.